The van der Waals surface area contributed by atoms with Gasteiger partial charge in [-0.2, -0.15) is 9.62 Å². The molecule has 0 aliphatic carbocycles. The van der Waals surface area contributed by atoms with E-state index in [1.165, 1.54) is 0 Å². The fourth-order valence-electron chi connectivity index (χ4n) is 1.74. The van der Waals surface area contributed by atoms with Crippen LogP contribution in [0.15, 0.2) is 35.4 Å². The van der Waals surface area contributed by atoms with Crippen molar-refractivity contribution in [2.45, 2.75) is 6.92 Å². The Morgan fingerprint density at radius 2 is 2.05 bits per heavy atom. The maximum atomic E-state index is 6.07. The summed E-state index contributed by atoms with van der Waals surface area (Å²) in [5, 5.41) is 17.3. The van der Waals surface area contributed by atoms with Crippen molar-refractivity contribution in [2.24, 2.45) is 5.10 Å². The SMILES string of the molecule is Cc1nnc2ccc(N/N=C\c3cccc(Cl)c3Cl)nn12. The van der Waals surface area contributed by atoms with E-state index in [0.29, 0.717) is 27.3 Å². The van der Waals surface area contributed by atoms with E-state index < -0.39 is 0 Å². The molecule has 0 fully saturated rings. The van der Waals surface area contributed by atoms with Crippen molar-refractivity contribution < 1.29 is 0 Å². The minimum absolute atomic E-state index is 0.461. The van der Waals surface area contributed by atoms with E-state index in [1.54, 1.807) is 35.0 Å². The summed E-state index contributed by atoms with van der Waals surface area (Å²) in [6.45, 7) is 1.83. The average molecular weight is 321 g/mol. The summed E-state index contributed by atoms with van der Waals surface area (Å²) < 4.78 is 1.63. The van der Waals surface area contributed by atoms with E-state index in [9.17, 15) is 0 Å². The van der Waals surface area contributed by atoms with E-state index in [-0.39, 0.29) is 0 Å². The van der Waals surface area contributed by atoms with Crippen LogP contribution in [0.25, 0.3) is 5.65 Å². The van der Waals surface area contributed by atoms with Gasteiger partial charge >= 0.3 is 0 Å². The summed E-state index contributed by atoms with van der Waals surface area (Å²) in [6.07, 6.45) is 1.58. The molecule has 0 unspecified atom stereocenters. The zero-order valence-electron chi connectivity index (χ0n) is 11.0. The molecule has 0 aliphatic rings. The number of aromatic nitrogens is 4. The van der Waals surface area contributed by atoms with Crippen molar-refractivity contribution in [3.63, 3.8) is 0 Å². The Kier molecular flexibility index (Phi) is 3.72. The number of halogens is 2. The summed E-state index contributed by atoms with van der Waals surface area (Å²) in [5.74, 6) is 1.27. The van der Waals surface area contributed by atoms with E-state index >= 15 is 0 Å². The molecule has 0 aliphatic heterocycles. The number of nitrogens with one attached hydrogen (secondary N) is 1. The van der Waals surface area contributed by atoms with Gasteiger partial charge in [-0.15, -0.1) is 15.3 Å². The molecule has 3 rings (SSSR count). The highest BCUT2D eigenvalue weighted by Gasteiger charge is 2.03. The second kappa shape index (κ2) is 5.67. The van der Waals surface area contributed by atoms with Gasteiger partial charge in [0.25, 0.3) is 0 Å². The number of benzene rings is 1. The quantitative estimate of drug-likeness (QED) is 0.594. The third-order valence-corrected chi connectivity index (χ3v) is 3.62. The topological polar surface area (TPSA) is 67.5 Å². The predicted octanol–water partition coefficient (Wildman–Crippen LogP) is 3.19. The minimum Gasteiger partial charge on any atom is -0.260 e. The van der Waals surface area contributed by atoms with Crippen molar-refractivity contribution in [3.8, 4) is 0 Å². The van der Waals surface area contributed by atoms with Crippen molar-refractivity contribution in [1.29, 1.82) is 0 Å². The van der Waals surface area contributed by atoms with Crippen LogP contribution in [0.1, 0.15) is 11.4 Å². The van der Waals surface area contributed by atoms with Gasteiger partial charge in [0.2, 0.25) is 0 Å². The Labute approximate surface area is 130 Å². The molecule has 6 nitrogen and oxygen atoms in total. The van der Waals surface area contributed by atoms with Gasteiger partial charge in [0.1, 0.15) is 0 Å². The van der Waals surface area contributed by atoms with Crippen LogP contribution in [0.3, 0.4) is 0 Å². The number of anilines is 1. The van der Waals surface area contributed by atoms with Gasteiger partial charge in [-0.25, -0.2) is 0 Å². The fraction of sp³-hybridized carbons (Fsp3) is 0.0769. The van der Waals surface area contributed by atoms with Crippen molar-refractivity contribution in [3.05, 3.63) is 51.8 Å². The number of fused-ring (bicyclic) bond motifs is 1. The first kappa shape index (κ1) is 13.8. The normalized spacial score (nSPS) is 11.4. The summed E-state index contributed by atoms with van der Waals surface area (Å²) in [4.78, 5) is 0. The highest BCUT2D eigenvalue weighted by molar-refractivity contribution is 6.43. The largest absolute Gasteiger partial charge is 0.260 e. The number of nitrogens with zero attached hydrogens (tertiary/aromatic N) is 5. The summed E-state index contributed by atoms with van der Waals surface area (Å²) in [5.41, 5.74) is 4.23. The van der Waals surface area contributed by atoms with Crippen molar-refractivity contribution in [2.75, 3.05) is 5.43 Å². The zero-order chi connectivity index (χ0) is 14.8. The molecule has 0 amide bonds. The van der Waals surface area contributed by atoms with Crippen LogP contribution in [-0.4, -0.2) is 26.0 Å². The summed E-state index contributed by atoms with van der Waals surface area (Å²) in [6, 6.07) is 8.91. The Hall–Kier alpha value is -2.18. The lowest BCUT2D eigenvalue weighted by Crippen LogP contribution is -2.00. The zero-order valence-corrected chi connectivity index (χ0v) is 12.5. The first-order chi connectivity index (χ1) is 10.1. The van der Waals surface area contributed by atoms with Gasteiger partial charge in [-0.3, -0.25) is 5.43 Å². The number of hydrogen-bond donors (Lipinski definition) is 1. The lowest BCUT2D eigenvalue weighted by atomic mass is 10.2. The number of hydrogen-bond acceptors (Lipinski definition) is 5. The summed E-state index contributed by atoms with van der Waals surface area (Å²) in [7, 11) is 0. The standard InChI is InChI=1S/C13H10Cl2N6/c1-8-17-19-12-6-5-11(20-21(8)12)18-16-7-9-3-2-4-10(14)13(9)15/h2-7H,1H3,(H,18,20)/b16-7-. The highest BCUT2D eigenvalue weighted by atomic mass is 35.5. The Morgan fingerprint density at radius 1 is 1.19 bits per heavy atom. The molecule has 3 aromatic rings. The van der Waals surface area contributed by atoms with Gasteiger partial charge in [0.05, 0.1) is 16.3 Å². The first-order valence-electron chi connectivity index (χ1n) is 6.07. The number of hydrazone groups is 1. The molecular formula is C13H10Cl2N6. The average Bonchev–Trinajstić information content (AvgIpc) is 2.85. The van der Waals surface area contributed by atoms with Crippen LogP contribution in [0.4, 0.5) is 5.82 Å². The molecule has 1 aromatic carbocycles. The smallest absolute Gasteiger partial charge is 0.178 e. The Balaban J connectivity index is 1.81. The predicted molar refractivity (Wildman–Crippen MR) is 83.2 cm³/mol. The Bertz CT molecular complexity index is 827. The maximum Gasteiger partial charge on any atom is 0.178 e. The van der Waals surface area contributed by atoms with Crippen LogP contribution in [-0.2, 0) is 0 Å². The van der Waals surface area contributed by atoms with Gasteiger partial charge in [-0.05, 0) is 25.1 Å². The second-order valence-electron chi connectivity index (χ2n) is 4.25. The molecule has 0 radical (unpaired) electrons. The Morgan fingerprint density at radius 3 is 2.90 bits per heavy atom. The molecule has 8 heteroatoms. The molecule has 0 bridgehead atoms. The number of aryl methyl sites for hydroxylation is 1. The van der Waals surface area contributed by atoms with Crippen molar-refractivity contribution in [1.82, 2.24) is 19.8 Å². The molecule has 2 heterocycles. The van der Waals surface area contributed by atoms with E-state index in [2.05, 4.69) is 25.8 Å². The van der Waals surface area contributed by atoms with Gasteiger partial charge in [-0.1, -0.05) is 35.3 Å². The van der Waals surface area contributed by atoms with Crippen LogP contribution >= 0.6 is 23.2 Å². The van der Waals surface area contributed by atoms with Crippen molar-refractivity contribution >= 4 is 40.9 Å². The first-order valence-corrected chi connectivity index (χ1v) is 6.83. The maximum absolute atomic E-state index is 6.07. The molecule has 1 N–H and O–H groups in total. The molecule has 0 saturated heterocycles. The van der Waals surface area contributed by atoms with Gasteiger partial charge in [0, 0.05) is 5.56 Å². The summed E-state index contributed by atoms with van der Waals surface area (Å²) >= 11 is 12.0. The molecular weight excluding hydrogens is 311 g/mol. The molecule has 106 valence electrons. The third kappa shape index (κ3) is 2.81. The highest BCUT2D eigenvalue weighted by Crippen LogP contribution is 2.24. The molecule has 0 atom stereocenters. The van der Waals surface area contributed by atoms with Gasteiger partial charge in [0.15, 0.2) is 17.3 Å². The van der Waals surface area contributed by atoms with E-state index in [0.717, 1.165) is 5.56 Å². The van der Waals surface area contributed by atoms with E-state index in [1.807, 2.05) is 13.0 Å². The third-order valence-electron chi connectivity index (χ3n) is 2.78. The van der Waals surface area contributed by atoms with E-state index in [4.69, 9.17) is 23.2 Å². The lowest BCUT2D eigenvalue weighted by Gasteiger charge is -2.01. The monoisotopic (exact) mass is 320 g/mol. The minimum atomic E-state index is 0.461. The van der Waals surface area contributed by atoms with Crippen LogP contribution in [0.2, 0.25) is 10.0 Å². The molecule has 21 heavy (non-hydrogen) atoms. The molecule has 0 saturated carbocycles. The number of rotatable bonds is 3. The van der Waals surface area contributed by atoms with Crippen LogP contribution < -0.4 is 5.43 Å². The molecule has 2 aromatic heterocycles. The van der Waals surface area contributed by atoms with Crippen LogP contribution in [0.5, 0.6) is 0 Å². The lowest BCUT2D eigenvalue weighted by molar-refractivity contribution is 0.875. The second-order valence-corrected chi connectivity index (χ2v) is 5.03. The fourth-order valence-corrected chi connectivity index (χ4v) is 2.10. The van der Waals surface area contributed by atoms with Crippen LogP contribution in [0, 0.1) is 6.92 Å². The van der Waals surface area contributed by atoms with Gasteiger partial charge < -0.3 is 0 Å². The molecule has 0 spiro atoms.